The molecular weight excluding hydrogens is 278 g/mol. The number of nitrogens with two attached hydrogens (primary N) is 1. The maximum Gasteiger partial charge on any atom is 0.270 e. The van der Waals surface area contributed by atoms with Crippen molar-refractivity contribution in [2.75, 3.05) is 11.9 Å². The van der Waals surface area contributed by atoms with Crippen LogP contribution < -0.4 is 15.8 Å². The number of rotatable bonds is 5. The van der Waals surface area contributed by atoms with E-state index in [1.54, 1.807) is 13.8 Å². The van der Waals surface area contributed by atoms with Crippen LogP contribution in [0.5, 0.6) is 0 Å². The molecule has 0 unspecified atom stereocenters. The van der Waals surface area contributed by atoms with Gasteiger partial charge in [0.25, 0.3) is 10.0 Å². The van der Waals surface area contributed by atoms with E-state index in [1.807, 2.05) is 0 Å². The van der Waals surface area contributed by atoms with E-state index < -0.39 is 15.6 Å². The zero-order chi connectivity index (χ0) is 14.0. The molecule has 8 nitrogen and oxygen atoms in total. The summed E-state index contributed by atoms with van der Waals surface area (Å²) in [4.78, 5) is 10.8. The zero-order valence-corrected chi connectivity index (χ0v) is 11.9. The summed E-state index contributed by atoms with van der Waals surface area (Å²) >= 11 is 0.774. The minimum Gasteiger partial charge on any atom is -0.329 e. The molecule has 0 fully saturated rings. The third kappa shape index (κ3) is 3.98. The Morgan fingerprint density at radius 2 is 2.06 bits per heavy atom. The lowest BCUT2D eigenvalue weighted by atomic mass is 10.1. The average Bonchev–Trinajstić information content (AvgIpc) is 2.64. The first-order valence-corrected chi connectivity index (χ1v) is 7.31. The van der Waals surface area contributed by atoms with Crippen molar-refractivity contribution in [1.82, 2.24) is 14.9 Å². The van der Waals surface area contributed by atoms with Gasteiger partial charge >= 0.3 is 0 Å². The summed E-state index contributed by atoms with van der Waals surface area (Å²) in [6, 6.07) is 0. The highest BCUT2D eigenvalue weighted by Crippen LogP contribution is 2.20. The summed E-state index contributed by atoms with van der Waals surface area (Å²) in [5.74, 6) is -0.342. The molecule has 1 amide bonds. The normalized spacial score (nSPS) is 12.4. The molecule has 0 aliphatic carbocycles. The molecule has 0 atom stereocenters. The van der Waals surface area contributed by atoms with Crippen LogP contribution in [0.4, 0.5) is 5.13 Å². The predicted molar refractivity (Wildman–Crippen MR) is 67.7 cm³/mol. The Bertz CT molecular complexity index is 537. The third-order valence-corrected chi connectivity index (χ3v) is 4.74. The lowest BCUT2D eigenvalue weighted by Crippen LogP contribution is -2.48. The molecule has 1 rings (SSSR count). The van der Waals surface area contributed by atoms with Crippen molar-refractivity contribution in [3.63, 3.8) is 0 Å². The van der Waals surface area contributed by atoms with E-state index in [1.165, 1.54) is 6.92 Å². The van der Waals surface area contributed by atoms with Crippen LogP contribution in [0.1, 0.15) is 20.8 Å². The molecule has 1 aromatic rings. The molecule has 0 spiro atoms. The van der Waals surface area contributed by atoms with Crippen molar-refractivity contribution >= 4 is 32.4 Å². The second-order valence-electron chi connectivity index (χ2n) is 4.25. The number of sulfonamides is 1. The monoisotopic (exact) mass is 293 g/mol. The third-order valence-electron chi connectivity index (χ3n) is 1.84. The molecular formula is C8H15N5O3S2. The first-order chi connectivity index (χ1) is 8.16. The first-order valence-electron chi connectivity index (χ1n) is 5.01. The van der Waals surface area contributed by atoms with Gasteiger partial charge in [-0.15, -0.1) is 10.2 Å². The Hall–Kier alpha value is -1.10. The maximum atomic E-state index is 11.9. The van der Waals surface area contributed by atoms with Crippen LogP contribution in [-0.4, -0.2) is 36.6 Å². The van der Waals surface area contributed by atoms with Crippen LogP contribution in [0.15, 0.2) is 4.34 Å². The highest BCUT2D eigenvalue weighted by molar-refractivity contribution is 7.91. The van der Waals surface area contributed by atoms with Crippen LogP contribution in [0.25, 0.3) is 0 Å². The Morgan fingerprint density at radius 3 is 2.56 bits per heavy atom. The number of carbonyl (C=O) groups is 1. The smallest absolute Gasteiger partial charge is 0.270 e. The van der Waals surface area contributed by atoms with Crippen LogP contribution in [0, 0.1) is 0 Å². The largest absolute Gasteiger partial charge is 0.329 e. The lowest BCUT2D eigenvalue weighted by Gasteiger charge is -2.22. The average molecular weight is 293 g/mol. The number of amides is 1. The summed E-state index contributed by atoms with van der Waals surface area (Å²) in [6.07, 6.45) is 0. The molecule has 0 bridgehead atoms. The van der Waals surface area contributed by atoms with E-state index in [9.17, 15) is 13.2 Å². The van der Waals surface area contributed by atoms with E-state index in [4.69, 9.17) is 5.73 Å². The number of hydrogen-bond acceptors (Lipinski definition) is 7. The van der Waals surface area contributed by atoms with Gasteiger partial charge in [0.15, 0.2) is 0 Å². The second kappa shape index (κ2) is 5.26. The number of carbonyl (C=O) groups excluding carboxylic acids is 1. The highest BCUT2D eigenvalue weighted by Gasteiger charge is 2.28. The molecule has 10 heteroatoms. The van der Waals surface area contributed by atoms with Crippen molar-refractivity contribution in [2.45, 2.75) is 30.6 Å². The van der Waals surface area contributed by atoms with E-state index in [0.29, 0.717) is 0 Å². The number of anilines is 1. The molecule has 0 radical (unpaired) electrons. The van der Waals surface area contributed by atoms with Crippen molar-refractivity contribution in [3.8, 4) is 0 Å². The standard InChI is InChI=1S/C8H15N5O3S2/c1-5(14)10-6-11-12-7(17-6)18(15,16)13-8(2,3)4-9/h13H,4,9H2,1-3H3,(H,10,11,14). The van der Waals surface area contributed by atoms with E-state index in [2.05, 4.69) is 20.2 Å². The maximum absolute atomic E-state index is 11.9. The van der Waals surface area contributed by atoms with Crippen LogP contribution in [-0.2, 0) is 14.8 Å². The van der Waals surface area contributed by atoms with Gasteiger partial charge in [0.1, 0.15) is 0 Å². The Labute approximate surface area is 109 Å². The first kappa shape index (κ1) is 15.0. The minimum atomic E-state index is -3.78. The Balaban J connectivity index is 2.92. The zero-order valence-electron chi connectivity index (χ0n) is 10.2. The van der Waals surface area contributed by atoms with Crippen molar-refractivity contribution in [1.29, 1.82) is 0 Å². The van der Waals surface area contributed by atoms with Crippen molar-refractivity contribution < 1.29 is 13.2 Å². The van der Waals surface area contributed by atoms with Gasteiger partial charge in [0, 0.05) is 19.0 Å². The van der Waals surface area contributed by atoms with E-state index in [-0.39, 0.29) is 21.9 Å². The fourth-order valence-corrected chi connectivity index (χ4v) is 3.34. The van der Waals surface area contributed by atoms with Gasteiger partial charge in [-0.25, -0.2) is 13.1 Å². The number of hydrogen-bond donors (Lipinski definition) is 3. The summed E-state index contributed by atoms with van der Waals surface area (Å²) in [6.45, 7) is 4.75. The molecule has 18 heavy (non-hydrogen) atoms. The molecule has 102 valence electrons. The Morgan fingerprint density at radius 1 is 1.44 bits per heavy atom. The Kier molecular flexibility index (Phi) is 4.37. The van der Waals surface area contributed by atoms with Gasteiger partial charge in [-0.1, -0.05) is 11.3 Å². The van der Waals surface area contributed by atoms with E-state index >= 15 is 0 Å². The molecule has 0 aliphatic rings. The summed E-state index contributed by atoms with van der Waals surface area (Å²) in [5.41, 5.74) is 4.67. The van der Waals surface area contributed by atoms with Crippen LogP contribution >= 0.6 is 11.3 Å². The number of nitrogens with one attached hydrogen (secondary N) is 2. The molecule has 0 aromatic carbocycles. The van der Waals surface area contributed by atoms with Gasteiger partial charge in [-0.3, -0.25) is 4.79 Å². The SMILES string of the molecule is CC(=O)Nc1nnc(S(=O)(=O)NC(C)(C)CN)s1. The van der Waals surface area contributed by atoms with Gasteiger partial charge in [0.05, 0.1) is 0 Å². The second-order valence-corrected chi connectivity index (χ2v) is 7.08. The van der Waals surface area contributed by atoms with Crippen LogP contribution in [0.2, 0.25) is 0 Å². The topological polar surface area (TPSA) is 127 Å². The summed E-state index contributed by atoms with van der Waals surface area (Å²) in [5, 5.41) is 9.58. The summed E-state index contributed by atoms with van der Waals surface area (Å²) < 4.78 is 26.1. The predicted octanol–water partition coefficient (Wildman–Crippen LogP) is -0.488. The molecule has 4 N–H and O–H groups in total. The lowest BCUT2D eigenvalue weighted by molar-refractivity contribution is -0.114. The molecule has 0 saturated heterocycles. The van der Waals surface area contributed by atoms with Crippen LogP contribution in [0.3, 0.4) is 0 Å². The fourth-order valence-electron chi connectivity index (χ4n) is 0.969. The number of aromatic nitrogens is 2. The number of nitrogens with zero attached hydrogens (tertiary/aromatic N) is 2. The highest BCUT2D eigenvalue weighted by atomic mass is 32.2. The van der Waals surface area contributed by atoms with Crippen molar-refractivity contribution in [3.05, 3.63) is 0 Å². The van der Waals surface area contributed by atoms with Crippen molar-refractivity contribution in [2.24, 2.45) is 5.73 Å². The quantitative estimate of drug-likeness (QED) is 0.629. The van der Waals surface area contributed by atoms with Gasteiger partial charge in [-0.05, 0) is 13.8 Å². The van der Waals surface area contributed by atoms with Gasteiger partial charge in [-0.2, -0.15) is 0 Å². The molecule has 0 saturated carbocycles. The fraction of sp³-hybridized carbons (Fsp3) is 0.625. The molecule has 0 aliphatic heterocycles. The molecule has 1 heterocycles. The van der Waals surface area contributed by atoms with Gasteiger partial charge < -0.3 is 11.1 Å². The van der Waals surface area contributed by atoms with Gasteiger partial charge in [0.2, 0.25) is 15.4 Å². The summed E-state index contributed by atoms with van der Waals surface area (Å²) in [7, 11) is -3.78. The molecule has 1 aromatic heterocycles. The minimum absolute atomic E-state index is 0.133. The van der Waals surface area contributed by atoms with E-state index in [0.717, 1.165) is 11.3 Å².